The maximum Gasteiger partial charge on any atom is 0.152 e. The normalized spacial score (nSPS) is 23.3. The first-order chi connectivity index (χ1) is 6.89. The van der Waals surface area contributed by atoms with Crippen LogP contribution in [0.25, 0.3) is 0 Å². The van der Waals surface area contributed by atoms with Gasteiger partial charge in [0.05, 0.1) is 11.5 Å². The summed E-state index contributed by atoms with van der Waals surface area (Å²) in [5, 5.41) is 0. The molecule has 0 atom stereocenters. The molecule has 1 aliphatic rings. The van der Waals surface area contributed by atoms with E-state index in [1.54, 1.807) is 23.5 Å². The van der Waals surface area contributed by atoms with Crippen LogP contribution in [0.3, 0.4) is 0 Å². The molecule has 1 saturated heterocycles. The van der Waals surface area contributed by atoms with Gasteiger partial charge in [-0.1, -0.05) is 0 Å². The van der Waals surface area contributed by atoms with E-state index in [9.17, 15) is 4.79 Å². The topological polar surface area (TPSA) is 17.1 Å². The highest BCUT2D eigenvalue weighted by Crippen LogP contribution is 2.14. The van der Waals surface area contributed by atoms with Crippen LogP contribution in [0.2, 0.25) is 0 Å². The lowest BCUT2D eigenvalue weighted by Crippen LogP contribution is -2.06. The summed E-state index contributed by atoms with van der Waals surface area (Å²) in [6.45, 7) is 0. The molecule has 0 aromatic rings. The summed E-state index contributed by atoms with van der Waals surface area (Å²) in [6.07, 6.45) is 0. The van der Waals surface area contributed by atoms with Gasteiger partial charge < -0.3 is 0 Å². The molecule has 0 spiro atoms. The van der Waals surface area contributed by atoms with E-state index in [0.29, 0.717) is 5.78 Å². The highest BCUT2D eigenvalue weighted by molar-refractivity contribution is 8.06. The molecule has 0 saturated carbocycles. The minimum Gasteiger partial charge on any atom is -0.298 e. The molecule has 1 rings (SSSR count). The Morgan fingerprint density at radius 1 is 0.643 bits per heavy atom. The maximum atomic E-state index is 11.3. The van der Waals surface area contributed by atoms with E-state index >= 15 is 0 Å². The van der Waals surface area contributed by atoms with Crippen LogP contribution in [-0.4, -0.2) is 51.8 Å². The van der Waals surface area contributed by atoms with Crippen LogP contribution in [0, 0.1) is 0 Å². The molecule has 0 unspecified atom stereocenters. The van der Waals surface area contributed by atoms with Crippen molar-refractivity contribution in [1.29, 1.82) is 0 Å². The lowest BCUT2D eigenvalue weighted by atomic mass is 10.5. The first-order valence-corrected chi connectivity index (χ1v) is 9.34. The summed E-state index contributed by atoms with van der Waals surface area (Å²) >= 11 is 7.62. The number of thioether (sulfide) groups is 4. The van der Waals surface area contributed by atoms with Gasteiger partial charge in [-0.15, -0.1) is 0 Å². The second-order valence-electron chi connectivity index (χ2n) is 2.87. The molecule has 0 amide bonds. The predicted molar refractivity (Wildman–Crippen MR) is 74.3 cm³/mol. The Morgan fingerprint density at radius 2 is 1.00 bits per heavy atom. The molecule has 1 heterocycles. The molecule has 0 aromatic carbocycles. The van der Waals surface area contributed by atoms with Crippen LogP contribution >= 0.6 is 47.0 Å². The van der Waals surface area contributed by atoms with E-state index < -0.39 is 0 Å². The predicted octanol–water partition coefficient (Wildman–Crippen LogP) is 2.50. The molecular weight excluding hydrogens is 252 g/mol. The van der Waals surface area contributed by atoms with Gasteiger partial charge in [-0.25, -0.2) is 0 Å². The summed E-state index contributed by atoms with van der Waals surface area (Å²) in [5.41, 5.74) is 0. The second-order valence-corrected chi connectivity index (χ2v) is 7.53. The van der Waals surface area contributed by atoms with Crippen LogP contribution < -0.4 is 0 Å². The van der Waals surface area contributed by atoms with Crippen LogP contribution in [0.15, 0.2) is 0 Å². The Kier molecular flexibility index (Phi) is 8.73. The molecule has 1 fully saturated rings. The molecule has 14 heavy (non-hydrogen) atoms. The fraction of sp³-hybridized carbons (Fsp3) is 0.889. The molecule has 1 nitrogen and oxygen atoms in total. The Labute approximate surface area is 103 Å². The van der Waals surface area contributed by atoms with E-state index in [1.165, 1.54) is 23.0 Å². The zero-order valence-electron chi connectivity index (χ0n) is 8.20. The third kappa shape index (κ3) is 7.37. The number of hydrogen-bond donors (Lipinski definition) is 0. The van der Waals surface area contributed by atoms with Gasteiger partial charge in [0.2, 0.25) is 0 Å². The van der Waals surface area contributed by atoms with Crippen LogP contribution in [0.1, 0.15) is 0 Å². The van der Waals surface area contributed by atoms with E-state index in [1.807, 2.05) is 23.5 Å². The van der Waals surface area contributed by atoms with E-state index in [4.69, 9.17) is 0 Å². The van der Waals surface area contributed by atoms with Gasteiger partial charge in [-0.2, -0.15) is 47.0 Å². The molecule has 0 aromatic heterocycles. The number of carbonyl (C=O) groups excluding carboxylic acids is 1. The Balaban J connectivity index is 2.15. The first kappa shape index (κ1) is 13.1. The van der Waals surface area contributed by atoms with Crippen molar-refractivity contribution in [1.82, 2.24) is 0 Å². The van der Waals surface area contributed by atoms with E-state index in [2.05, 4.69) is 0 Å². The van der Waals surface area contributed by atoms with E-state index in [0.717, 1.165) is 23.0 Å². The van der Waals surface area contributed by atoms with Crippen molar-refractivity contribution in [2.45, 2.75) is 0 Å². The van der Waals surface area contributed by atoms with Gasteiger partial charge in [0.15, 0.2) is 5.78 Å². The lowest BCUT2D eigenvalue weighted by molar-refractivity contribution is -0.114. The molecule has 0 bridgehead atoms. The summed E-state index contributed by atoms with van der Waals surface area (Å²) in [5.74, 6) is 9.05. The van der Waals surface area contributed by atoms with Crippen molar-refractivity contribution in [2.75, 3.05) is 46.0 Å². The van der Waals surface area contributed by atoms with Crippen molar-refractivity contribution >= 4 is 52.8 Å². The quantitative estimate of drug-likeness (QED) is 0.669. The minimum absolute atomic E-state index is 0.411. The molecule has 0 aliphatic carbocycles. The fourth-order valence-electron chi connectivity index (χ4n) is 0.971. The summed E-state index contributed by atoms with van der Waals surface area (Å²) in [6, 6.07) is 0. The number of rotatable bonds is 0. The standard InChI is InChI=1S/C9H16OS4/c10-9-7-13-5-3-11-1-2-12-4-6-14-8-9/h1-8H2. The average Bonchev–Trinajstić information content (AvgIpc) is 2.20. The van der Waals surface area contributed by atoms with Crippen molar-refractivity contribution < 1.29 is 4.79 Å². The molecule has 82 valence electrons. The summed E-state index contributed by atoms with van der Waals surface area (Å²) in [4.78, 5) is 11.3. The molecule has 0 radical (unpaired) electrons. The molecule has 5 heteroatoms. The van der Waals surface area contributed by atoms with Gasteiger partial charge in [-0.3, -0.25) is 4.79 Å². The second kappa shape index (κ2) is 9.31. The molecule has 1 aliphatic heterocycles. The van der Waals surface area contributed by atoms with Gasteiger partial charge in [0.1, 0.15) is 0 Å². The number of carbonyl (C=O) groups is 1. The third-order valence-electron chi connectivity index (χ3n) is 1.64. The van der Waals surface area contributed by atoms with Gasteiger partial charge in [-0.05, 0) is 0 Å². The van der Waals surface area contributed by atoms with Crippen molar-refractivity contribution in [2.24, 2.45) is 0 Å². The zero-order valence-corrected chi connectivity index (χ0v) is 11.5. The lowest BCUT2D eigenvalue weighted by Gasteiger charge is -1.99. The van der Waals surface area contributed by atoms with E-state index in [-0.39, 0.29) is 0 Å². The fourth-order valence-corrected chi connectivity index (χ4v) is 5.29. The third-order valence-corrected chi connectivity index (χ3v) is 6.43. The minimum atomic E-state index is 0.411. The number of ketones is 1. The average molecular weight is 268 g/mol. The number of hydrogen-bond acceptors (Lipinski definition) is 5. The van der Waals surface area contributed by atoms with Crippen LogP contribution in [-0.2, 0) is 4.79 Å². The Bertz CT molecular complexity index is 147. The maximum absolute atomic E-state index is 11.3. The smallest absolute Gasteiger partial charge is 0.152 e. The SMILES string of the molecule is O=C1CSCCSCCSCCSC1. The first-order valence-electron chi connectivity index (χ1n) is 4.72. The highest BCUT2D eigenvalue weighted by atomic mass is 32.2. The van der Waals surface area contributed by atoms with Crippen molar-refractivity contribution in [3.05, 3.63) is 0 Å². The van der Waals surface area contributed by atoms with Gasteiger partial charge >= 0.3 is 0 Å². The summed E-state index contributed by atoms with van der Waals surface area (Å²) in [7, 11) is 0. The Morgan fingerprint density at radius 3 is 1.43 bits per heavy atom. The van der Waals surface area contributed by atoms with Crippen LogP contribution in [0.4, 0.5) is 0 Å². The Hall–Kier alpha value is 1.07. The van der Waals surface area contributed by atoms with Crippen molar-refractivity contribution in [3.63, 3.8) is 0 Å². The molecule has 0 N–H and O–H groups in total. The zero-order chi connectivity index (χ0) is 10.1. The van der Waals surface area contributed by atoms with Gasteiger partial charge in [0.25, 0.3) is 0 Å². The largest absolute Gasteiger partial charge is 0.298 e. The summed E-state index contributed by atoms with van der Waals surface area (Å²) < 4.78 is 0. The van der Waals surface area contributed by atoms with Crippen molar-refractivity contribution in [3.8, 4) is 0 Å². The molecular formula is C9H16OS4. The van der Waals surface area contributed by atoms with Gasteiger partial charge in [0, 0.05) is 34.5 Å². The van der Waals surface area contributed by atoms with Crippen LogP contribution in [0.5, 0.6) is 0 Å². The highest BCUT2D eigenvalue weighted by Gasteiger charge is 2.03. The number of Topliss-reactive ketones (excluding diaryl/α,β-unsaturated/α-hetero) is 1. The monoisotopic (exact) mass is 268 g/mol.